The molecule has 0 aromatic heterocycles. The molecule has 1 aromatic carbocycles. The van der Waals surface area contributed by atoms with E-state index in [1.165, 1.54) is 6.07 Å². The van der Waals surface area contributed by atoms with E-state index in [2.05, 4.69) is 37.7 Å². The second-order valence-electron chi connectivity index (χ2n) is 7.58. The first-order chi connectivity index (χ1) is 14.2. The zero-order chi connectivity index (χ0) is 20.5. The number of hydrogen-bond donors (Lipinski definition) is 3. The maximum absolute atomic E-state index is 13.9. The van der Waals surface area contributed by atoms with Gasteiger partial charge in [-0.3, -0.25) is 14.7 Å². The van der Waals surface area contributed by atoms with Crippen LogP contribution in [0.1, 0.15) is 26.2 Å². The normalized spacial score (nSPS) is 21.0. The summed E-state index contributed by atoms with van der Waals surface area (Å²) in [6.07, 6.45) is 2.39. The number of rotatable bonds is 7. The summed E-state index contributed by atoms with van der Waals surface area (Å²) >= 11 is 0. The average Bonchev–Trinajstić information content (AvgIpc) is 2.74. The van der Waals surface area contributed by atoms with Gasteiger partial charge in [-0.2, -0.15) is 0 Å². The topological polar surface area (TPSA) is 72.0 Å². The van der Waals surface area contributed by atoms with E-state index in [-0.39, 0.29) is 17.8 Å². The molecule has 160 valence electrons. The first-order valence-corrected chi connectivity index (χ1v) is 10.7. The summed E-state index contributed by atoms with van der Waals surface area (Å²) in [5, 5.41) is 9.58. The minimum absolute atomic E-state index is 0.125. The third-order valence-electron chi connectivity index (χ3n) is 5.42. The van der Waals surface area contributed by atoms with E-state index in [1.807, 2.05) is 12.1 Å². The van der Waals surface area contributed by atoms with Crippen LogP contribution in [0.25, 0.3) is 0 Å². The fourth-order valence-electron chi connectivity index (χ4n) is 3.78. The first kappa shape index (κ1) is 21.4. The van der Waals surface area contributed by atoms with Crippen LogP contribution in [-0.2, 0) is 4.79 Å². The predicted octanol–water partition coefficient (Wildman–Crippen LogP) is 1.17. The SMILES string of the molecule is CCNC(=NCCCN1CCN(c2ccccc2F)CC1)NC1CCC(=O)NC1. The number of amides is 1. The molecule has 3 rings (SSSR count). The number of nitrogens with one attached hydrogen (secondary N) is 3. The van der Waals surface area contributed by atoms with Crippen LogP contribution in [0.2, 0.25) is 0 Å². The zero-order valence-electron chi connectivity index (χ0n) is 17.3. The Morgan fingerprint density at radius 3 is 2.76 bits per heavy atom. The maximum atomic E-state index is 13.9. The number of carbonyl (C=O) groups is 1. The van der Waals surface area contributed by atoms with Gasteiger partial charge in [-0.05, 0) is 31.9 Å². The molecule has 0 bridgehead atoms. The van der Waals surface area contributed by atoms with E-state index in [4.69, 9.17) is 0 Å². The van der Waals surface area contributed by atoms with Gasteiger partial charge in [-0.25, -0.2) is 4.39 Å². The third kappa shape index (κ3) is 6.59. The Labute approximate surface area is 172 Å². The Bertz CT molecular complexity index is 680. The lowest BCUT2D eigenvalue weighted by atomic mass is 10.1. The third-order valence-corrected chi connectivity index (χ3v) is 5.42. The maximum Gasteiger partial charge on any atom is 0.220 e. The number of piperidine rings is 1. The summed E-state index contributed by atoms with van der Waals surface area (Å²) in [4.78, 5) is 20.5. The van der Waals surface area contributed by atoms with E-state index in [0.29, 0.717) is 18.7 Å². The van der Waals surface area contributed by atoms with E-state index < -0.39 is 0 Å². The number of nitrogens with zero attached hydrogens (tertiary/aromatic N) is 3. The number of benzene rings is 1. The summed E-state index contributed by atoms with van der Waals surface area (Å²) in [5.74, 6) is 0.800. The highest BCUT2D eigenvalue weighted by Crippen LogP contribution is 2.20. The molecule has 0 spiro atoms. The fraction of sp³-hybridized carbons (Fsp3) is 0.619. The standard InChI is InChI=1S/C21H33FN6O/c1-2-23-21(26-17-8-9-20(29)25-16-17)24-10-5-11-27-12-14-28(15-13-27)19-7-4-3-6-18(19)22/h3-4,6-7,17H,2,5,8-16H2,1H3,(H,25,29)(H2,23,24,26). The van der Waals surface area contributed by atoms with Crippen molar-refractivity contribution in [1.29, 1.82) is 0 Å². The van der Waals surface area contributed by atoms with Gasteiger partial charge in [0.25, 0.3) is 0 Å². The summed E-state index contributed by atoms with van der Waals surface area (Å²) in [6, 6.07) is 7.23. The Morgan fingerprint density at radius 1 is 1.28 bits per heavy atom. The van der Waals surface area contributed by atoms with Crippen molar-refractivity contribution in [2.45, 2.75) is 32.2 Å². The molecule has 3 N–H and O–H groups in total. The molecular weight excluding hydrogens is 371 g/mol. The molecule has 1 atom stereocenters. The summed E-state index contributed by atoms with van der Waals surface area (Å²) < 4.78 is 13.9. The van der Waals surface area contributed by atoms with Crippen LogP contribution >= 0.6 is 0 Å². The number of piperazine rings is 1. The molecule has 7 nitrogen and oxygen atoms in total. The van der Waals surface area contributed by atoms with Crippen molar-refractivity contribution in [3.63, 3.8) is 0 Å². The molecule has 0 radical (unpaired) electrons. The number of anilines is 1. The van der Waals surface area contributed by atoms with E-state index in [0.717, 1.165) is 64.6 Å². The van der Waals surface area contributed by atoms with Crippen LogP contribution in [0.5, 0.6) is 0 Å². The number of halogens is 1. The summed E-state index contributed by atoms with van der Waals surface area (Å²) in [7, 11) is 0. The average molecular weight is 405 g/mol. The monoisotopic (exact) mass is 404 g/mol. The predicted molar refractivity (Wildman–Crippen MR) is 115 cm³/mol. The highest BCUT2D eigenvalue weighted by Gasteiger charge is 2.20. The molecule has 29 heavy (non-hydrogen) atoms. The fourth-order valence-corrected chi connectivity index (χ4v) is 3.78. The van der Waals surface area contributed by atoms with E-state index >= 15 is 0 Å². The number of hydrogen-bond acceptors (Lipinski definition) is 4. The Morgan fingerprint density at radius 2 is 2.07 bits per heavy atom. The van der Waals surface area contributed by atoms with Gasteiger partial charge < -0.3 is 20.9 Å². The first-order valence-electron chi connectivity index (χ1n) is 10.7. The van der Waals surface area contributed by atoms with Crippen LogP contribution in [0.15, 0.2) is 29.3 Å². The lowest BCUT2D eigenvalue weighted by Gasteiger charge is -2.36. The number of carbonyl (C=O) groups excluding carboxylic acids is 1. The van der Waals surface area contributed by atoms with Crippen molar-refractivity contribution >= 4 is 17.6 Å². The van der Waals surface area contributed by atoms with Crippen LogP contribution in [0.3, 0.4) is 0 Å². The van der Waals surface area contributed by atoms with Crippen LogP contribution in [0.4, 0.5) is 10.1 Å². The molecule has 2 heterocycles. The Balaban J connectivity index is 1.37. The van der Waals surface area contributed by atoms with Crippen LogP contribution in [0, 0.1) is 5.82 Å². The van der Waals surface area contributed by atoms with Gasteiger partial charge in [0.2, 0.25) is 5.91 Å². The Hall–Kier alpha value is -2.35. The molecule has 1 unspecified atom stereocenters. The van der Waals surface area contributed by atoms with E-state index in [9.17, 15) is 9.18 Å². The van der Waals surface area contributed by atoms with Crippen LogP contribution < -0.4 is 20.9 Å². The zero-order valence-corrected chi connectivity index (χ0v) is 17.3. The minimum atomic E-state index is -0.142. The van der Waals surface area contributed by atoms with Crippen molar-refractivity contribution in [3.05, 3.63) is 30.1 Å². The van der Waals surface area contributed by atoms with Gasteiger partial charge in [0, 0.05) is 64.8 Å². The number of aliphatic imine (C=N–C) groups is 1. The second kappa shape index (κ2) is 11.0. The lowest BCUT2D eigenvalue weighted by Crippen LogP contribution is -2.51. The number of para-hydroxylation sites is 1. The van der Waals surface area contributed by atoms with Gasteiger partial charge in [0.1, 0.15) is 5.82 Å². The van der Waals surface area contributed by atoms with E-state index in [1.54, 1.807) is 6.07 Å². The molecule has 1 amide bonds. The smallest absolute Gasteiger partial charge is 0.220 e. The highest BCUT2D eigenvalue weighted by atomic mass is 19.1. The van der Waals surface area contributed by atoms with Crippen molar-refractivity contribution in [3.8, 4) is 0 Å². The quantitative estimate of drug-likeness (QED) is 0.362. The minimum Gasteiger partial charge on any atom is -0.367 e. The Kier molecular flexibility index (Phi) is 8.10. The molecule has 2 saturated heterocycles. The molecule has 1 aromatic rings. The molecule has 2 aliphatic heterocycles. The van der Waals surface area contributed by atoms with Crippen molar-refractivity contribution in [1.82, 2.24) is 20.9 Å². The lowest BCUT2D eigenvalue weighted by molar-refractivity contribution is -0.122. The van der Waals surface area contributed by atoms with Crippen LogP contribution in [-0.4, -0.2) is 75.2 Å². The molecule has 2 fully saturated rings. The van der Waals surface area contributed by atoms with Crippen molar-refractivity contribution in [2.75, 3.05) is 57.3 Å². The molecule has 0 saturated carbocycles. The molecule has 2 aliphatic rings. The molecule has 8 heteroatoms. The molecule has 0 aliphatic carbocycles. The number of guanidine groups is 1. The largest absolute Gasteiger partial charge is 0.367 e. The van der Waals surface area contributed by atoms with Gasteiger partial charge in [0.05, 0.1) is 5.69 Å². The van der Waals surface area contributed by atoms with Gasteiger partial charge in [-0.1, -0.05) is 12.1 Å². The summed E-state index contributed by atoms with van der Waals surface area (Å²) in [5.41, 5.74) is 0.706. The molecular formula is C21H33FN6O. The van der Waals surface area contributed by atoms with Gasteiger partial charge >= 0.3 is 0 Å². The van der Waals surface area contributed by atoms with Crippen molar-refractivity contribution in [2.24, 2.45) is 4.99 Å². The summed E-state index contributed by atoms with van der Waals surface area (Å²) in [6.45, 7) is 8.84. The van der Waals surface area contributed by atoms with Gasteiger partial charge in [-0.15, -0.1) is 0 Å². The van der Waals surface area contributed by atoms with Crippen molar-refractivity contribution < 1.29 is 9.18 Å². The van der Waals surface area contributed by atoms with Gasteiger partial charge in [0.15, 0.2) is 5.96 Å². The second-order valence-corrected chi connectivity index (χ2v) is 7.58. The highest BCUT2D eigenvalue weighted by molar-refractivity contribution is 5.81.